The van der Waals surface area contributed by atoms with Crippen molar-refractivity contribution in [1.29, 1.82) is 0 Å². The number of aryl methyl sites for hydroxylation is 1. The maximum absolute atomic E-state index is 12.6. The maximum Gasteiger partial charge on any atom is 0.276 e. The Morgan fingerprint density at radius 2 is 1.39 bits per heavy atom. The zero-order valence-corrected chi connectivity index (χ0v) is 16.5. The lowest BCUT2D eigenvalue weighted by atomic mass is 9.98. The molecule has 0 saturated carbocycles. The molecule has 0 aliphatic heterocycles. The number of nitrogens with zero attached hydrogens (tertiary/aromatic N) is 1. The smallest absolute Gasteiger partial charge is 0.200 e. The highest BCUT2D eigenvalue weighted by atomic mass is 32.2. The molecule has 1 N–H and O–H groups in total. The summed E-state index contributed by atoms with van der Waals surface area (Å²) in [4.78, 5) is 2.55. The fourth-order valence-corrected chi connectivity index (χ4v) is 3.53. The minimum absolute atomic E-state index is 0.177. The van der Waals surface area contributed by atoms with Crippen molar-refractivity contribution in [3.05, 3.63) is 108 Å². The zero-order chi connectivity index (χ0) is 20.0. The van der Waals surface area contributed by atoms with Gasteiger partial charge in [0.05, 0.1) is 10.6 Å². The van der Waals surface area contributed by atoms with Gasteiger partial charge in [-0.1, -0.05) is 84.9 Å². The number of hydrogen-bond acceptors (Lipinski definition) is 3. The fraction of sp³-hybridized carbons (Fsp3) is 0.0870. The summed E-state index contributed by atoms with van der Waals surface area (Å²) in [6, 6.07) is 25.9. The van der Waals surface area contributed by atoms with Gasteiger partial charge in [-0.2, -0.15) is 18.4 Å². The van der Waals surface area contributed by atoms with Gasteiger partial charge in [-0.3, -0.25) is 0 Å². The molecule has 0 aromatic heterocycles. The fourth-order valence-electron chi connectivity index (χ4n) is 2.70. The molecule has 3 aromatic carbocycles. The van der Waals surface area contributed by atoms with Gasteiger partial charge in [-0.25, -0.2) is 0 Å². The number of rotatable bonds is 7. The molecule has 0 fully saturated rings. The molecule has 0 amide bonds. The van der Waals surface area contributed by atoms with E-state index in [0.29, 0.717) is 12.1 Å². The van der Waals surface area contributed by atoms with E-state index in [1.807, 2.05) is 67.6 Å². The number of hydrazone groups is 1. The Labute approximate surface area is 166 Å². The van der Waals surface area contributed by atoms with Gasteiger partial charge in [-0.05, 0) is 35.8 Å². The first kappa shape index (κ1) is 19.6. The largest absolute Gasteiger partial charge is 0.276 e. The van der Waals surface area contributed by atoms with Crippen LogP contribution in [-0.2, 0) is 10.0 Å². The Balaban J connectivity index is 1.88. The molecule has 142 valence electrons. The number of sulfonamides is 1. The van der Waals surface area contributed by atoms with Gasteiger partial charge in [0, 0.05) is 6.42 Å². The van der Waals surface area contributed by atoms with Crippen molar-refractivity contribution < 1.29 is 8.42 Å². The van der Waals surface area contributed by atoms with Crippen molar-refractivity contribution >= 4 is 21.3 Å². The minimum Gasteiger partial charge on any atom is -0.200 e. The van der Waals surface area contributed by atoms with Gasteiger partial charge in [0.1, 0.15) is 0 Å². The van der Waals surface area contributed by atoms with Crippen LogP contribution in [0.2, 0.25) is 0 Å². The van der Waals surface area contributed by atoms with Gasteiger partial charge < -0.3 is 0 Å². The van der Waals surface area contributed by atoms with E-state index in [1.54, 1.807) is 24.3 Å². The first-order valence-corrected chi connectivity index (χ1v) is 10.4. The molecular formula is C23H22N2O2S. The van der Waals surface area contributed by atoms with Crippen LogP contribution in [0.15, 0.2) is 102 Å². The third-order valence-corrected chi connectivity index (χ3v) is 5.53. The van der Waals surface area contributed by atoms with E-state index >= 15 is 0 Å². The van der Waals surface area contributed by atoms with Gasteiger partial charge in [-0.15, -0.1) is 0 Å². The van der Waals surface area contributed by atoms with E-state index in [-0.39, 0.29) is 4.90 Å². The second kappa shape index (κ2) is 8.67. The summed E-state index contributed by atoms with van der Waals surface area (Å²) in [5.74, 6) is 0. The number of allylic oxidation sites excluding steroid dienone is 1. The van der Waals surface area contributed by atoms with Crippen molar-refractivity contribution in [1.82, 2.24) is 4.83 Å². The van der Waals surface area contributed by atoms with Gasteiger partial charge in [0.25, 0.3) is 10.0 Å². The van der Waals surface area contributed by atoms with Crippen molar-refractivity contribution in [3.8, 4) is 0 Å². The summed E-state index contributed by atoms with van der Waals surface area (Å²) in [7, 11) is -3.75. The van der Waals surface area contributed by atoms with Gasteiger partial charge >= 0.3 is 0 Å². The third kappa shape index (κ3) is 4.96. The van der Waals surface area contributed by atoms with E-state index in [1.165, 1.54) is 0 Å². The first-order valence-electron chi connectivity index (χ1n) is 8.89. The first-order chi connectivity index (χ1) is 13.5. The van der Waals surface area contributed by atoms with E-state index in [0.717, 1.165) is 22.3 Å². The van der Waals surface area contributed by atoms with Crippen LogP contribution in [0.3, 0.4) is 0 Å². The molecule has 0 unspecified atom stereocenters. The van der Waals surface area contributed by atoms with Crippen molar-refractivity contribution in [2.45, 2.75) is 18.2 Å². The Morgan fingerprint density at radius 3 is 1.96 bits per heavy atom. The third-order valence-electron chi connectivity index (χ3n) is 4.30. The van der Waals surface area contributed by atoms with Crippen molar-refractivity contribution in [2.24, 2.45) is 5.10 Å². The average molecular weight is 391 g/mol. The molecule has 0 heterocycles. The molecule has 0 aliphatic carbocycles. The van der Waals surface area contributed by atoms with Crippen LogP contribution in [0.25, 0.3) is 5.57 Å². The summed E-state index contributed by atoms with van der Waals surface area (Å²) in [6.45, 7) is 6.05. The quantitative estimate of drug-likeness (QED) is 0.466. The lowest BCUT2D eigenvalue weighted by Gasteiger charge is -2.11. The second-order valence-electron chi connectivity index (χ2n) is 6.48. The molecule has 0 spiro atoms. The van der Waals surface area contributed by atoms with Crippen LogP contribution in [0, 0.1) is 6.92 Å². The van der Waals surface area contributed by atoms with Crippen LogP contribution < -0.4 is 4.83 Å². The van der Waals surface area contributed by atoms with Crippen LogP contribution in [0.4, 0.5) is 0 Å². The highest BCUT2D eigenvalue weighted by Crippen LogP contribution is 2.19. The van der Waals surface area contributed by atoms with Crippen LogP contribution >= 0.6 is 0 Å². The summed E-state index contributed by atoms with van der Waals surface area (Å²) in [6.07, 6.45) is 0.421. The molecule has 0 saturated heterocycles. The van der Waals surface area contributed by atoms with E-state index < -0.39 is 10.0 Å². The summed E-state index contributed by atoms with van der Waals surface area (Å²) >= 11 is 0. The number of hydrogen-bond donors (Lipinski definition) is 1. The second-order valence-corrected chi connectivity index (χ2v) is 8.14. The summed E-state index contributed by atoms with van der Waals surface area (Å²) in [5.41, 5.74) is 4.29. The summed E-state index contributed by atoms with van der Waals surface area (Å²) in [5, 5.41) is 4.25. The molecule has 3 rings (SSSR count). The minimum atomic E-state index is -3.75. The maximum atomic E-state index is 12.6. The molecular weight excluding hydrogens is 368 g/mol. The average Bonchev–Trinajstić information content (AvgIpc) is 2.72. The Morgan fingerprint density at radius 1 is 0.857 bits per heavy atom. The predicted molar refractivity (Wildman–Crippen MR) is 115 cm³/mol. The highest BCUT2D eigenvalue weighted by Gasteiger charge is 2.14. The number of benzene rings is 3. The van der Waals surface area contributed by atoms with Crippen LogP contribution in [-0.4, -0.2) is 14.1 Å². The molecule has 0 radical (unpaired) electrons. The molecule has 0 atom stereocenters. The normalized spacial score (nSPS) is 11.8. The lowest BCUT2D eigenvalue weighted by molar-refractivity contribution is 0.584. The van der Waals surface area contributed by atoms with Crippen LogP contribution in [0.1, 0.15) is 23.1 Å². The van der Waals surface area contributed by atoms with Crippen molar-refractivity contribution in [3.63, 3.8) is 0 Å². The topological polar surface area (TPSA) is 58.5 Å². The molecule has 0 bridgehead atoms. The Kier molecular flexibility index (Phi) is 6.06. The Hall–Kier alpha value is -3.18. The zero-order valence-electron chi connectivity index (χ0n) is 15.7. The van der Waals surface area contributed by atoms with Crippen LogP contribution in [0.5, 0.6) is 0 Å². The monoisotopic (exact) mass is 390 g/mol. The molecule has 3 aromatic rings. The van der Waals surface area contributed by atoms with E-state index in [2.05, 4.69) is 16.5 Å². The van der Waals surface area contributed by atoms with Gasteiger partial charge in [0.15, 0.2) is 0 Å². The predicted octanol–water partition coefficient (Wildman–Crippen LogP) is 4.78. The SMILES string of the molecule is C=C(C/C(=N/NS(=O)(=O)c1ccc(C)cc1)c1ccccc1)c1ccccc1. The molecule has 4 nitrogen and oxygen atoms in total. The van der Waals surface area contributed by atoms with E-state index in [4.69, 9.17) is 0 Å². The molecule has 5 heteroatoms. The standard InChI is InChI=1S/C23H22N2O2S/c1-18-13-15-22(16-14-18)28(26,27)25-24-23(21-11-7-4-8-12-21)17-19(2)20-9-5-3-6-10-20/h3-16,25H,2,17H2,1H3/b24-23-. The summed E-state index contributed by atoms with van der Waals surface area (Å²) < 4.78 is 25.2. The van der Waals surface area contributed by atoms with Gasteiger partial charge in [0.2, 0.25) is 0 Å². The van der Waals surface area contributed by atoms with E-state index in [9.17, 15) is 8.42 Å². The Bertz CT molecular complexity index is 1070. The molecule has 0 aliphatic rings. The molecule has 28 heavy (non-hydrogen) atoms. The highest BCUT2D eigenvalue weighted by molar-refractivity contribution is 7.89. The number of nitrogens with one attached hydrogen (secondary N) is 1. The van der Waals surface area contributed by atoms with Crippen molar-refractivity contribution in [2.75, 3.05) is 0 Å². The lowest BCUT2D eigenvalue weighted by Crippen LogP contribution is -2.21.